The van der Waals surface area contributed by atoms with E-state index in [0.717, 1.165) is 23.3 Å². The van der Waals surface area contributed by atoms with E-state index >= 15 is 0 Å². The number of hydrogen-bond donors (Lipinski definition) is 0. The summed E-state index contributed by atoms with van der Waals surface area (Å²) < 4.78 is 15.5. The lowest BCUT2D eigenvalue weighted by atomic mass is 9.79. The Bertz CT molecular complexity index is 340. The van der Waals surface area contributed by atoms with Gasteiger partial charge in [-0.15, -0.1) is 0 Å². The van der Waals surface area contributed by atoms with Gasteiger partial charge >= 0.3 is 5.97 Å². The van der Waals surface area contributed by atoms with E-state index in [9.17, 15) is 4.79 Å². The minimum absolute atomic E-state index is 0.285. The van der Waals surface area contributed by atoms with Crippen LogP contribution in [0, 0.1) is 5.41 Å². The molecular formula is C13H19BrO4. The highest BCUT2D eigenvalue weighted by Crippen LogP contribution is 2.38. The van der Waals surface area contributed by atoms with Crippen molar-refractivity contribution in [1.29, 1.82) is 0 Å². The molecule has 0 radical (unpaired) electrons. The summed E-state index contributed by atoms with van der Waals surface area (Å²) in [5.41, 5.74) is -0.780. The van der Waals surface area contributed by atoms with Gasteiger partial charge in [-0.25, -0.2) is 0 Å². The van der Waals surface area contributed by atoms with Crippen molar-refractivity contribution in [2.45, 2.75) is 19.3 Å². The second-order valence-electron chi connectivity index (χ2n) is 4.13. The maximum absolute atomic E-state index is 12.1. The fourth-order valence-electron chi connectivity index (χ4n) is 2.07. The molecule has 0 amide bonds. The highest BCUT2D eigenvalue weighted by Gasteiger charge is 2.39. The van der Waals surface area contributed by atoms with Gasteiger partial charge in [0.15, 0.2) is 0 Å². The van der Waals surface area contributed by atoms with Crippen molar-refractivity contribution in [3.05, 3.63) is 23.7 Å². The first-order valence-electron chi connectivity index (χ1n) is 5.77. The van der Waals surface area contributed by atoms with Gasteiger partial charge in [-0.05, 0) is 25.0 Å². The molecule has 0 aromatic heterocycles. The normalized spacial score (nSPS) is 17.6. The number of hydrogen-bond acceptors (Lipinski definition) is 4. The monoisotopic (exact) mass is 318 g/mol. The Balaban J connectivity index is 3.11. The van der Waals surface area contributed by atoms with Crippen LogP contribution in [0.15, 0.2) is 23.7 Å². The first kappa shape index (κ1) is 15.1. The number of halogens is 1. The van der Waals surface area contributed by atoms with Crippen LogP contribution in [0.5, 0.6) is 0 Å². The summed E-state index contributed by atoms with van der Waals surface area (Å²) in [6.07, 6.45) is 5.76. The van der Waals surface area contributed by atoms with Crippen LogP contribution < -0.4 is 0 Å². The third-order valence-corrected chi connectivity index (χ3v) is 3.56. The maximum Gasteiger partial charge on any atom is 0.319 e. The topological polar surface area (TPSA) is 44.8 Å². The highest BCUT2D eigenvalue weighted by atomic mass is 79.9. The zero-order valence-electron chi connectivity index (χ0n) is 11.0. The molecule has 4 nitrogen and oxygen atoms in total. The van der Waals surface area contributed by atoms with E-state index in [1.165, 1.54) is 7.11 Å². The van der Waals surface area contributed by atoms with Crippen LogP contribution in [0.3, 0.4) is 0 Å². The van der Waals surface area contributed by atoms with Crippen molar-refractivity contribution in [3.63, 3.8) is 0 Å². The van der Waals surface area contributed by atoms with Crippen LogP contribution in [0.25, 0.3) is 0 Å². The summed E-state index contributed by atoms with van der Waals surface area (Å²) in [6.45, 7) is 0. The summed E-state index contributed by atoms with van der Waals surface area (Å²) in [4.78, 5) is 12.1. The van der Waals surface area contributed by atoms with Crippen LogP contribution in [0.2, 0.25) is 0 Å². The molecule has 1 aliphatic rings. The van der Waals surface area contributed by atoms with Crippen LogP contribution in [-0.2, 0) is 19.0 Å². The second-order valence-corrected chi connectivity index (χ2v) is 4.92. The molecule has 0 saturated heterocycles. The SMILES string of the molecule is COC(=O)C1(CCCBr)C=C(OC)CC(OC)=C1. The van der Waals surface area contributed by atoms with Gasteiger partial charge in [0.05, 0.1) is 27.8 Å². The van der Waals surface area contributed by atoms with Gasteiger partial charge in [0.2, 0.25) is 0 Å². The van der Waals surface area contributed by atoms with Crippen molar-refractivity contribution < 1.29 is 19.0 Å². The third kappa shape index (κ3) is 3.28. The van der Waals surface area contributed by atoms with Gasteiger partial charge in [-0.2, -0.15) is 0 Å². The zero-order chi connectivity index (χ0) is 13.6. The first-order chi connectivity index (χ1) is 8.61. The third-order valence-electron chi connectivity index (χ3n) is 3.00. The van der Waals surface area contributed by atoms with Crippen molar-refractivity contribution in [2.24, 2.45) is 5.41 Å². The Morgan fingerprint density at radius 3 is 2.22 bits per heavy atom. The van der Waals surface area contributed by atoms with Gasteiger partial charge in [0, 0.05) is 5.33 Å². The molecular weight excluding hydrogens is 300 g/mol. The first-order valence-corrected chi connectivity index (χ1v) is 6.90. The summed E-state index contributed by atoms with van der Waals surface area (Å²) in [5, 5.41) is 0.831. The molecule has 5 heteroatoms. The number of carbonyl (C=O) groups excluding carboxylic acids is 1. The van der Waals surface area contributed by atoms with E-state index in [1.54, 1.807) is 14.2 Å². The molecule has 0 aromatic rings. The molecule has 0 unspecified atom stereocenters. The molecule has 0 aromatic carbocycles. The van der Waals surface area contributed by atoms with Crippen molar-refractivity contribution >= 4 is 21.9 Å². The molecule has 0 N–H and O–H groups in total. The van der Waals surface area contributed by atoms with Gasteiger partial charge in [-0.1, -0.05) is 15.9 Å². The quantitative estimate of drug-likeness (QED) is 0.558. The number of carbonyl (C=O) groups is 1. The molecule has 0 fully saturated rings. The van der Waals surface area contributed by atoms with E-state index < -0.39 is 5.41 Å². The van der Waals surface area contributed by atoms with Gasteiger partial charge in [0.25, 0.3) is 0 Å². The minimum Gasteiger partial charge on any atom is -0.501 e. The Labute approximate surface area is 116 Å². The Kier molecular flexibility index (Phi) is 5.72. The average molecular weight is 319 g/mol. The second kappa shape index (κ2) is 6.83. The lowest BCUT2D eigenvalue weighted by Crippen LogP contribution is -2.31. The predicted octanol–water partition coefficient (Wildman–Crippen LogP) is 2.79. The largest absolute Gasteiger partial charge is 0.501 e. The van der Waals surface area contributed by atoms with Crippen molar-refractivity contribution in [1.82, 2.24) is 0 Å². The van der Waals surface area contributed by atoms with Crippen molar-refractivity contribution in [3.8, 4) is 0 Å². The molecule has 0 bridgehead atoms. The molecule has 0 spiro atoms. The van der Waals surface area contributed by atoms with Gasteiger partial charge in [-0.3, -0.25) is 4.79 Å². The van der Waals surface area contributed by atoms with Gasteiger partial charge < -0.3 is 14.2 Å². The molecule has 1 aliphatic carbocycles. The zero-order valence-corrected chi connectivity index (χ0v) is 12.6. The van der Waals surface area contributed by atoms with E-state index in [-0.39, 0.29) is 5.97 Å². The number of ether oxygens (including phenoxy) is 3. The Morgan fingerprint density at radius 1 is 1.28 bits per heavy atom. The number of esters is 1. The summed E-state index contributed by atoms with van der Waals surface area (Å²) in [5.74, 6) is 1.18. The molecule has 102 valence electrons. The maximum atomic E-state index is 12.1. The smallest absolute Gasteiger partial charge is 0.319 e. The fourth-order valence-corrected chi connectivity index (χ4v) is 2.35. The van der Waals surface area contributed by atoms with Crippen LogP contribution in [-0.4, -0.2) is 32.6 Å². The standard InChI is InChI=1S/C13H19BrO4/c1-16-10-7-11(17-2)9-13(8-10,5-4-6-14)12(15)18-3/h8-9H,4-7H2,1-3H3. The lowest BCUT2D eigenvalue weighted by molar-refractivity contribution is -0.148. The molecule has 0 atom stereocenters. The van der Waals surface area contributed by atoms with Gasteiger partial charge in [0.1, 0.15) is 16.9 Å². The molecule has 0 heterocycles. The van der Waals surface area contributed by atoms with Crippen molar-refractivity contribution in [2.75, 3.05) is 26.7 Å². The fraction of sp³-hybridized carbons (Fsp3) is 0.615. The number of alkyl halides is 1. The van der Waals surface area contributed by atoms with Crippen LogP contribution >= 0.6 is 15.9 Å². The van der Waals surface area contributed by atoms with E-state index in [4.69, 9.17) is 14.2 Å². The van der Waals surface area contributed by atoms with E-state index in [2.05, 4.69) is 15.9 Å². The predicted molar refractivity (Wildman–Crippen MR) is 72.3 cm³/mol. The molecule has 1 rings (SSSR count). The molecule has 0 aliphatic heterocycles. The highest BCUT2D eigenvalue weighted by molar-refractivity contribution is 9.09. The van der Waals surface area contributed by atoms with Crippen LogP contribution in [0.4, 0.5) is 0 Å². The Hall–Kier alpha value is -0.970. The molecule has 18 heavy (non-hydrogen) atoms. The number of rotatable bonds is 6. The van der Waals surface area contributed by atoms with E-state index in [0.29, 0.717) is 12.8 Å². The average Bonchev–Trinajstić information content (AvgIpc) is 2.43. The summed E-state index contributed by atoms with van der Waals surface area (Å²) in [6, 6.07) is 0. The Morgan fingerprint density at radius 2 is 1.83 bits per heavy atom. The summed E-state index contributed by atoms with van der Waals surface area (Å²) >= 11 is 3.38. The van der Waals surface area contributed by atoms with E-state index in [1.807, 2.05) is 12.2 Å². The minimum atomic E-state index is -0.780. The van der Waals surface area contributed by atoms with Crippen LogP contribution in [0.1, 0.15) is 19.3 Å². The lowest BCUT2D eigenvalue weighted by Gasteiger charge is -2.29. The molecule has 0 saturated carbocycles. The summed E-state index contributed by atoms with van der Waals surface area (Å²) in [7, 11) is 4.58. The number of methoxy groups -OCH3 is 3.